The minimum atomic E-state index is 0.0539. The van der Waals surface area contributed by atoms with Crippen molar-refractivity contribution in [3.05, 3.63) is 44.1 Å². The Hall–Kier alpha value is -1.62. The quantitative estimate of drug-likeness (QED) is 0.859. The van der Waals surface area contributed by atoms with Gasteiger partial charge in [0.1, 0.15) is 5.82 Å². The van der Waals surface area contributed by atoms with Crippen LogP contribution in [0.3, 0.4) is 0 Å². The molecule has 0 radical (unpaired) electrons. The minimum Gasteiger partial charge on any atom is -0.383 e. The Labute approximate surface area is 97.4 Å². The van der Waals surface area contributed by atoms with Gasteiger partial charge >= 0.3 is 4.87 Å². The SMILES string of the molecule is Cc1sc(=O)n(Cc2cccnc2N)c1C. The summed E-state index contributed by atoms with van der Waals surface area (Å²) in [6.45, 7) is 4.39. The second kappa shape index (κ2) is 4.09. The highest BCUT2D eigenvalue weighted by molar-refractivity contribution is 7.09. The van der Waals surface area contributed by atoms with Crippen LogP contribution in [-0.2, 0) is 6.54 Å². The first kappa shape index (κ1) is 10.9. The van der Waals surface area contributed by atoms with Crippen molar-refractivity contribution in [3.63, 3.8) is 0 Å². The van der Waals surface area contributed by atoms with E-state index in [-0.39, 0.29) is 4.87 Å². The lowest BCUT2D eigenvalue weighted by atomic mass is 10.2. The molecular weight excluding hydrogens is 222 g/mol. The van der Waals surface area contributed by atoms with Gasteiger partial charge in [-0.1, -0.05) is 17.4 Å². The molecule has 16 heavy (non-hydrogen) atoms. The Kier molecular flexibility index (Phi) is 2.78. The summed E-state index contributed by atoms with van der Waals surface area (Å²) in [5, 5.41) is 0. The molecule has 84 valence electrons. The Morgan fingerprint density at radius 3 is 2.81 bits per heavy atom. The molecule has 0 saturated carbocycles. The fraction of sp³-hybridized carbons (Fsp3) is 0.273. The van der Waals surface area contributed by atoms with E-state index in [1.165, 1.54) is 11.3 Å². The van der Waals surface area contributed by atoms with Gasteiger partial charge in [-0.2, -0.15) is 0 Å². The molecule has 2 rings (SSSR count). The zero-order valence-corrected chi connectivity index (χ0v) is 10.0. The number of aryl methyl sites for hydroxylation is 1. The standard InChI is InChI=1S/C11H13N3OS/c1-7-8(2)16-11(15)14(7)6-9-4-3-5-13-10(9)12/h3-5H,6H2,1-2H3,(H2,12,13). The summed E-state index contributed by atoms with van der Waals surface area (Å²) in [6, 6.07) is 3.71. The van der Waals surface area contributed by atoms with Gasteiger partial charge in [-0.25, -0.2) is 4.98 Å². The van der Waals surface area contributed by atoms with Crippen molar-refractivity contribution in [2.24, 2.45) is 0 Å². The molecular formula is C11H13N3OS. The number of rotatable bonds is 2. The van der Waals surface area contributed by atoms with Crippen LogP contribution in [-0.4, -0.2) is 9.55 Å². The highest BCUT2D eigenvalue weighted by atomic mass is 32.1. The third-order valence-corrected chi connectivity index (χ3v) is 3.63. The molecule has 0 aromatic carbocycles. The van der Waals surface area contributed by atoms with Gasteiger partial charge in [0.25, 0.3) is 0 Å². The van der Waals surface area contributed by atoms with Crippen molar-refractivity contribution in [1.82, 2.24) is 9.55 Å². The predicted octanol–water partition coefficient (Wildman–Crippen LogP) is 1.55. The van der Waals surface area contributed by atoms with Gasteiger partial charge in [-0.15, -0.1) is 0 Å². The van der Waals surface area contributed by atoms with Gasteiger partial charge in [0.2, 0.25) is 0 Å². The Morgan fingerprint density at radius 2 is 2.25 bits per heavy atom. The number of pyridine rings is 1. The maximum Gasteiger partial charge on any atom is 0.307 e. The van der Waals surface area contributed by atoms with E-state index in [1.54, 1.807) is 10.8 Å². The molecule has 0 aliphatic carbocycles. The molecule has 0 bridgehead atoms. The van der Waals surface area contributed by atoms with E-state index in [4.69, 9.17) is 5.73 Å². The average Bonchev–Trinajstić information content (AvgIpc) is 2.48. The van der Waals surface area contributed by atoms with Gasteiger partial charge < -0.3 is 5.73 Å². The van der Waals surface area contributed by atoms with Crippen molar-refractivity contribution in [1.29, 1.82) is 0 Å². The van der Waals surface area contributed by atoms with Crippen LogP contribution in [0.1, 0.15) is 16.1 Å². The fourth-order valence-electron chi connectivity index (χ4n) is 1.52. The first-order valence-electron chi connectivity index (χ1n) is 4.96. The van der Waals surface area contributed by atoms with Gasteiger partial charge in [0.05, 0.1) is 6.54 Å². The molecule has 0 unspecified atom stereocenters. The second-order valence-corrected chi connectivity index (χ2v) is 4.81. The number of nitrogen functional groups attached to an aromatic ring is 1. The summed E-state index contributed by atoms with van der Waals surface area (Å²) < 4.78 is 1.73. The monoisotopic (exact) mass is 235 g/mol. The van der Waals surface area contributed by atoms with Crippen LogP contribution in [0.15, 0.2) is 23.1 Å². The average molecular weight is 235 g/mol. The van der Waals surface area contributed by atoms with E-state index < -0.39 is 0 Å². The summed E-state index contributed by atoms with van der Waals surface area (Å²) in [7, 11) is 0. The van der Waals surface area contributed by atoms with Crippen molar-refractivity contribution < 1.29 is 0 Å². The summed E-state index contributed by atoms with van der Waals surface area (Å²) >= 11 is 1.27. The molecule has 0 saturated heterocycles. The van der Waals surface area contributed by atoms with Crippen LogP contribution in [0.5, 0.6) is 0 Å². The highest BCUT2D eigenvalue weighted by Gasteiger charge is 2.09. The van der Waals surface area contributed by atoms with E-state index in [1.807, 2.05) is 26.0 Å². The van der Waals surface area contributed by atoms with Crippen molar-refractivity contribution in [2.75, 3.05) is 5.73 Å². The first-order chi connectivity index (χ1) is 7.59. The van der Waals surface area contributed by atoms with E-state index >= 15 is 0 Å². The van der Waals surface area contributed by atoms with Crippen molar-refractivity contribution >= 4 is 17.2 Å². The van der Waals surface area contributed by atoms with E-state index in [9.17, 15) is 4.79 Å². The smallest absolute Gasteiger partial charge is 0.307 e. The highest BCUT2D eigenvalue weighted by Crippen LogP contribution is 2.14. The molecule has 0 fully saturated rings. The summed E-state index contributed by atoms with van der Waals surface area (Å²) in [4.78, 5) is 16.8. The number of nitrogens with two attached hydrogens (primary N) is 1. The summed E-state index contributed by atoms with van der Waals surface area (Å²) in [5.74, 6) is 0.484. The number of hydrogen-bond donors (Lipinski definition) is 1. The number of thiazole rings is 1. The molecule has 2 N–H and O–H groups in total. The Bertz CT molecular complexity index is 571. The lowest BCUT2D eigenvalue weighted by molar-refractivity contribution is 0.751. The molecule has 2 aromatic rings. The number of aromatic nitrogens is 2. The molecule has 0 atom stereocenters. The summed E-state index contributed by atoms with van der Waals surface area (Å²) in [5.41, 5.74) is 7.63. The molecule has 4 nitrogen and oxygen atoms in total. The van der Waals surface area contributed by atoms with Gasteiger partial charge in [0.15, 0.2) is 0 Å². The fourth-order valence-corrected chi connectivity index (χ4v) is 2.36. The minimum absolute atomic E-state index is 0.0539. The Balaban J connectivity index is 2.42. The molecule has 5 heteroatoms. The van der Waals surface area contributed by atoms with Crippen LogP contribution in [0.25, 0.3) is 0 Å². The van der Waals surface area contributed by atoms with E-state index in [2.05, 4.69) is 4.98 Å². The van der Waals surface area contributed by atoms with Gasteiger partial charge in [-0.3, -0.25) is 9.36 Å². The van der Waals surface area contributed by atoms with Crippen LogP contribution in [0, 0.1) is 13.8 Å². The predicted molar refractivity (Wildman–Crippen MR) is 65.8 cm³/mol. The lowest BCUT2D eigenvalue weighted by Gasteiger charge is -2.06. The maximum absolute atomic E-state index is 11.7. The van der Waals surface area contributed by atoms with Gasteiger partial charge in [-0.05, 0) is 19.9 Å². The largest absolute Gasteiger partial charge is 0.383 e. The van der Waals surface area contributed by atoms with Crippen LogP contribution < -0.4 is 10.6 Å². The molecule has 0 spiro atoms. The van der Waals surface area contributed by atoms with E-state index in [0.717, 1.165) is 16.1 Å². The Morgan fingerprint density at radius 1 is 1.50 bits per heavy atom. The number of nitrogens with zero attached hydrogens (tertiary/aromatic N) is 2. The molecule has 2 heterocycles. The van der Waals surface area contributed by atoms with Crippen LogP contribution >= 0.6 is 11.3 Å². The zero-order chi connectivity index (χ0) is 11.7. The summed E-state index contributed by atoms with van der Waals surface area (Å²) in [6.07, 6.45) is 1.65. The number of hydrogen-bond acceptors (Lipinski definition) is 4. The van der Waals surface area contributed by atoms with Crippen LogP contribution in [0.4, 0.5) is 5.82 Å². The molecule has 0 aliphatic rings. The molecule has 0 aliphatic heterocycles. The second-order valence-electron chi connectivity index (χ2n) is 3.64. The third kappa shape index (κ3) is 1.86. The van der Waals surface area contributed by atoms with Crippen molar-refractivity contribution in [3.8, 4) is 0 Å². The van der Waals surface area contributed by atoms with Crippen molar-refractivity contribution in [2.45, 2.75) is 20.4 Å². The zero-order valence-electron chi connectivity index (χ0n) is 9.23. The topological polar surface area (TPSA) is 60.9 Å². The van der Waals surface area contributed by atoms with E-state index in [0.29, 0.717) is 12.4 Å². The first-order valence-corrected chi connectivity index (χ1v) is 5.77. The number of anilines is 1. The maximum atomic E-state index is 11.7. The van der Waals surface area contributed by atoms with Crippen LogP contribution in [0.2, 0.25) is 0 Å². The van der Waals surface area contributed by atoms with Gasteiger partial charge in [0, 0.05) is 22.3 Å². The molecule has 2 aromatic heterocycles. The molecule has 0 amide bonds. The normalized spacial score (nSPS) is 10.6. The third-order valence-electron chi connectivity index (χ3n) is 2.63. The lowest BCUT2D eigenvalue weighted by Crippen LogP contribution is -2.16.